The molecule has 1 aromatic rings. The Kier molecular flexibility index (Phi) is 30.1. The van der Waals surface area contributed by atoms with Crippen molar-refractivity contribution in [2.24, 2.45) is 29.2 Å². The third kappa shape index (κ3) is 24.8. The SMILES string of the molecule is CSCC[C@H](NC(=O)[C@H](CC(C)C)NC(=O)[C@H](CC(C)C)N1CC[C@@H](NC(=O)CNC(=O)[C@@H](NC(=O)[C@H](Cc2ccccc2)NC(=O)[C@H](CO)NC(=O)[C@H](CC(=O)O)NC(=O)[C@@H](N)CCCCNC(C)=O)C(C)C)C1=O)C(N)=O. The van der Waals surface area contributed by atoms with Gasteiger partial charge in [-0.15, -0.1) is 0 Å². The van der Waals surface area contributed by atoms with Gasteiger partial charge in [0, 0.05) is 26.4 Å². The van der Waals surface area contributed by atoms with E-state index in [1.807, 2.05) is 34.0 Å². The molecule has 15 N–H and O–H groups in total. The van der Waals surface area contributed by atoms with Gasteiger partial charge in [-0.2, -0.15) is 11.8 Å². The Morgan fingerprint density at radius 2 is 1.27 bits per heavy atom. The molecule has 1 aromatic carbocycles. The monoisotopic (exact) mass is 1130 g/mol. The van der Waals surface area contributed by atoms with Crippen LogP contribution < -0.4 is 59.3 Å². The van der Waals surface area contributed by atoms with Gasteiger partial charge in [-0.1, -0.05) is 71.9 Å². The van der Waals surface area contributed by atoms with Crippen molar-refractivity contribution in [3.05, 3.63) is 35.9 Å². The molecule has 9 atom stereocenters. The van der Waals surface area contributed by atoms with Crippen LogP contribution in [-0.2, 0) is 64.0 Å². The van der Waals surface area contributed by atoms with Crippen molar-refractivity contribution in [2.75, 3.05) is 38.2 Å². The quantitative estimate of drug-likeness (QED) is 0.0307. The molecule has 27 heteroatoms. The van der Waals surface area contributed by atoms with E-state index < -0.39 is 145 Å². The third-order valence-electron chi connectivity index (χ3n) is 12.6. The fourth-order valence-corrected chi connectivity index (χ4v) is 8.86. The van der Waals surface area contributed by atoms with E-state index in [1.165, 1.54) is 23.6 Å². The predicted molar refractivity (Wildman–Crippen MR) is 293 cm³/mol. The summed E-state index contributed by atoms with van der Waals surface area (Å²) in [6, 6.07) is -3.13. The van der Waals surface area contributed by atoms with Crippen molar-refractivity contribution in [1.29, 1.82) is 0 Å². The Bertz CT molecular complexity index is 2260. The molecule has 26 nitrogen and oxygen atoms in total. The third-order valence-corrected chi connectivity index (χ3v) is 13.3. The van der Waals surface area contributed by atoms with Crippen LogP contribution in [0.25, 0.3) is 0 Å². The van der Waals surface area contributed by atoms with Gasteiger partial charge in [0.05, 0.1) is 25.6 Å². The molecule has 1 saturated heterocycles. The van der Waals surface area contributed by atoms with Gasteiger partial charge >= 0.3 is 5.97 Å². The number of aliphatic hydroxyl groups is 1. The molecule has 0 aromatic heterocycles. The summed E-state index contributed by atoms with van der Waals surface area (Å²) in [7, 11) is 0. The summed E-state index contributed by atoms with van der Waals surface area (Å²) in [6.45, 7) is 10.8. The summed E-state index contributed by atoms with van der Waals surface area (Å²) < 4.78 is 0. The van der Waals surface area contributed by atoms with Gasteiger partial charge in [0.25, 0.3) is 0 Å². The van der Waals surface area contributed by atoms with Crippen molar-refractivity contribution < 1.29 is 67.7 Å². The number of hydrogen-bond acceptors (Lipinski definition) is 15. The number of aliphatic carboxylic acids is 1. The molecule has 0 spiro atoms. The summed E-state index contributed by atoms with van der Waals surface area (Å²) in [5.74, 6) is -9.91. The Morgan fingerprint density at radius 3 is 1.84 bits per heavy atom. The number of nitrogens with zero attached hydrogens (tertiary/aromatic N) is 1. The normalized spacial score (nSPS) is 16.2. The van der Waals surface area contributed by atoms with Crippen molar-refractivity contribution in [3.63, 3.8) is 0 Å². The molecule has 79 heavy (non-hydrogen) atoms. The highest BCUT2D eigenvalue weighted by Crippen LogP contribution is 2.21. The maximum Gasteiger partial charge on any atom is 0.305 e. The van der Waals surface area contributed by atoms with Crippen molar-refractivity contribution >= 4 is 82.7 Å². The van der Waals surface area contributed by atoms with Gasteiger partial charge in [-0.3, -0.25) is 57.5 Å². The van der Waals surface area contributed by atoms with E-state index in [1.54, 1.807) is 44.2 Å². The molecular formula is C52H84N12O14S. The number of carboxylic acids is 1. The molecule has 442 valence electrons. The molecule has 1 heterocycles. The zero-order valence-corrected chi connectivity index (χ0v) is 47.3. The van der Waals surface area contributed by atoms with Crippen LogP contribution >= 0.6 is 11.8 Å². The summed E-state index contributed by atoms with van der Waals surface area (Å²) in [4.78, 5) is 159. The smallest absolute Gasteiger partial charge is 0.305 e. The van der Waals surface area contributed by atoms with Gasteiger partial charge in [0.15, 0.2) is 0 Å². The van der Waals surface area contributed by atoms with Crippen LogP contribution in [-0.4, -0.2) is 179 Å². The number of hydrogen-bond donors (Lipinski definition) is 13. The first-order chi connectivity index (χ1) is 37.2. The van der Waals surface area contributed by atoms with Crippen molar-refractivity contribution in [3.8, 4) is 0 Å². The van der Waals surface area contributed by atoms with E-state index >= 15 is 0 Å². The summed E-state index contributed by atoms with van der Waals surface area (Å²) >= 11 is 1.48. The van der Waals surface area contributed by atoms with Crippen LogP contribution in [0.15, 0.2) is 30.3 Å². The number of amides is 11. The van der Waals surface area contributed by atoms with Crippen LogP contribution in [0.5, 0.6) is 0 Å². The number of aliphatic hydroxyl groups excluding tert-OH is 1. The van der Waals surface area contributed by atoms with Crippen molar-refractivity contribution in [2.45, 2.75) is 161 Å². The predicted octanol–water partition coefficient (Wildman–Crippen LogP) is -2.57. The highest BCUT2D eigenvalue weighted by Gasteiger charge is 2.41. The zero-order valence-electron chi connectivity index (χ0n) is 46.5. The van der Waals surface area contributed by atoms with E-state index in [-0.39, 0.29) is 56.4 Å². The maximum absolute atomic E-state index is 14.1. The van der Waals surface area contributed by atoms with E-state index in [2.05, 4.69) is 47.9 Å². The average molecular weight is 1130 g/mol. The highest BCUT2D eigenvalue weighted by molar-refractivity contribution is 7.98. The fourth-order valence-electron chi connectivity index (χ4n) is 8.39. The van der Waals surface area contributed by atoms with Crippen LogP contribution in [0.4, 0.5) is 0 Å². The molecule has 1 fully saturated rings. The van der Waals surface area contributed by atoms with Crippen molar-refractivity contribution in [1.82, 2.24) is 52.8 Å². The number of rotatable bonds is 36. The van der Waals surface area contributed by atoms with E-state index in [0.29, 0.717) is 37.1 Å². The van der Waals surface area contributed by atoms with Gasteiger partial charge in [-0.05, 0) is 80.3 Å². The number of carboxylic acid groups (broad SMARTS) is 1. The lowest BCUT2D eigenvalue weighted by molar-refractivity contribution is -0.141. The molecule has 1 aliphatic rings. The molecule has 0 unspecified atom stereocenters. The lowest BCUT2D eigenvalue weighted by Gasteiger charge is -2.31. The van der Waals surface area contributed by atoms with Gasteiger partial charge in [0.1, 0.15) is 48.3 Å². The summed E-state index contributed by atoms with van der Waals surface area (Å²) in [5, 5.41) is 42.5. The van der Waals surface area contributed by atoms with Crippen LogP contribution in [0, 0.1) is 17.8 Å². The molecule has 0 radical (unpaired) electrons. The minimum atomic E-state index is -1.77. The summed E-state index contributed by atoms with van der Waals surface area (Å²) in [5.41, 5.74) is 12.1. The van der Waals surface area contributed by atoms with Crippen LogP contribution in [0.2, 0.25) is 0 Å². The second-order valence-electron chi connectivity index (χ2n) is 20.7. The molecule has 1 aliphatic heterocycles. The van der Waals surface area contributed by atoms with Gasteiger partial charge < -0.3 is 74.4 Å². The minimum absolute atomic E-state index is 0.0486. The van der Waals surface area contributed by atoms with E-state index in [0.717, 1.165) is 0 Å². The van der Waals surface area contributed by atoms with Gasteiger partial charge in [-0.25, -0.2) is 0 Å². The first-order valence-electron chi connectivity index (χ1n) is 26.5. The molecule has 0 aliphatic carbocycles. The lowest BCUT2D eigenvalue weighted by atomic mass is 9.99. The van der Waals surface area contributed by atoms with E-state index in [9.17, 15) is 67.7 Å². The number of likely N-dealkylation sites (tertiary alicyclic amines) is 1. The number of nitrogens with two attached hydrogens (primary N) is 2. The number of benzene rings is 1. The second-order valence-corrected chi connectivity index (χ2v) is 21.7. The first-order valence-corrected chi connectivity index (χ1v) is 27.9. The fraction of sp³-hybridized carbons (Fsp3) is 0.654. The number of thioether (sulfide) groups is 1. The minimum Gasteiger partial charge on any atom is -0.481 e. The molecule has 0 bridgehead atoms. The summed E-state index contributed by atoms with van der Waals surface area (Å²) in [6.07, 6.45) is 2.66. The molecule has 0 saturated carbocycles. The Labute approximate surface area is 465 Å². The average Bonchev–Trinajstić information content (AvgIpc) is 3.73. The molecule has 2 rings (SSSR count). The maximum atomic E-state index is 14.1. The van der Waals surface area contributed by atoms with E-state index in [4.69, 9.17) is 11.5 Å². The number of carbonyl (C=O) groups excluding carboxylic acids is 11. The molecular weight excluding hydrogens is 1050 g/mol. The number of nitrogens with one attached hydrogen (secondary N) is 9. The van der Waals surface area contributed by atoms with Gasteiger partial charge in [0.2, 0.25) is 65.0 Å². The number of unbranched alkanes of at least 4 members (excludes halogenated alkanes) is 1. The Hall–Kier alpha value is -6.87. The second kappa shape index (κ2) is 34.9. The Balaban J connectivity index is 2.18. The number of primary amides is 1. The highest BCUT2D eigenvalue weighted by atomic mass is 32.2. The molecule has 11 amide bonds. The largest absolute Gasteiger partial charge is 0.481 e. The topological polar surface area (TPSA) is 409 Å². The zero-order chi connectivity index (χ0) is 59.5. The first kappa shape index (κ1) is 68.2. The van der Waals surface area contributed by atoms with Crippen LogP contribution in [0.1, 0.15) is 105 Å². The Morgan fingerprint density at radius 1 is 0.696 bits per heavy atom. The van der Waals surface area contributed by atoms with Crippen LogP contribution in [0.3, 0.4) is 0 Å². The number of carbonyl (C=O) groups is 12. The lowest BCUT2D eigenvalue weighted by Crippen LogP contribution is -2.60. The standard InChI is InChI=1S/C52H84N12O14S/c1-28(2)22-36(46(72)58-34(44(54)70)18-21-79-8)61-50(76)40(23-29(3)4)64-20-17-35(52(64)78)57-41(67)26-56-51(77)43(30(5)6)63-48(74)37(24-32-14-10-9-11-15-32)60-49(75)39(27-65)62-47(73)38(25-42(68)69)59-45(71)33(53)16-12-13-19-55-31(7)66/h9-11,14-15,28-30,33-40,43,65H,12-13,16-27,53H2,1-8H3,(H2,54,70)(H,55,66)(H,56,77)(H,57,67)(H,58,72)(H,59,71)(H,60,75)(H,61,76)(H,62,73)(H,63,74)(H,68,69)/t33-,34-,35+,36-,37-,38-,39-,40-,43-/m0/s1.